The second-order valence-electron chi connectivity index (χ2n) is 3.76. The van der Waals surface area contributed by atoms with Gasteiger partial charge >= 0.3 is 5.97 Å². The van der Waals surface area contributed by atoms with Gasteiger partial charge in [0.05, 0.1) is 24.5 Å². The summed E-state index contributed by atoms with van der Waals surface area (Å²) < 4.78 is 21.4. The first-order valence-corrected chi connectivity index (χ1v) is 6.31. The van der Waals surface area contributed by atoms with Gasteiger partial charge in [0.2, 0.25) is 0 Å². The molecule has 1 aromatic carbocycles. The van der Waals surface area contributed by atoms with Gasteiger partial charge in [-0.25, -0.2) is 4.21 Å². The summed E-state index contributed by atoms with van der Waals surface area (Å²) in [5.41, 5.74) is 1.09. The van der Waals surface area contributed by atoms with E-state index in [1.165, 1.54) is 7.11 Å². The molecule has 1 aromatic rings. The van der Waals surface area contributed by atoms with Crippen molar-refractivity contribution in [3.8, 4) is 0 Å². The molecule has 0 bridgehead atoms. The second-order valence-corrected chi connectivity index (χ2v) is 4.93. The zero-order valence-electron chi connectivity index (χ0n) is 10.1. The maximum Gasteiger partial charge on any atom is 0.310 e. The molecule has 17 heavy (non-hydrogen) atoms. The van der Waals surface area contributed by atoms with Gasteiger partial charge in [-0.15, -0.1) is 0 Å². The van der Waals surface area contributed by atoms with Crippen molar-refractivity contribution in [2.75, 3.05) is 13.7 Å². The van der Waals surface area contributed by atoms with Gasteiger partial charge in [-0.1, -0.05) is 17.7 Å². The molecule has 0 fully saturated rings. The maximum atomic E-state index is 11.7. The van der Waals surface area contributed by atoms with Crippen LogP contribution in [0.25, 0.3) is 0 Å². The number of carbonyl (C=O) groups is 1. The Bertz CT molecular complexity index is 399. The van der Waals surface area contributed by atoms with E-state index in [9.17, 15) is 9.00 Å². The van der Waals surface area contributed by atoms with Gasteiger partial charge in [-0.3, -0.25) is 8.98 Å². The van der Waals surface area contributed by atoms with Crippen molar-refractivity contribution >= 4 is 17.0 Å². The fourth-order valence-electron chi connectivity index (χ4n) is 1.15. The van der Waals surface area contributed by atoms with Crippen molar-refractivity contribution in [1.29, 1.82) is 0 Å². The molecule has 0 aliphatic heterocycles. The fourth-order valence-corrected chi connectivity index (χ4v) is 1.97. The van der Waals surface area contributed by atoms with E-state index in [4.69, 9.17) is 4.18 Å². The highest BCUT2D eigenvalue weighted by atomic mass is 32.2. The SMILES string of the molecule is COC(=O)C(C)COS(=O)c1ccc(C)cc1. The standard InChI is InChI=1S/C12H16O4S/c1-9-4-6-11(7-5-9)17(14)16-8-10(2)12(13)15-3/h4-7,10H,8H2,1-3H3. The lowest BCUT2D eigenvalue weighted by atomic mass is 10.2. The van der Waals surface area contributed by atoms with Crippen molar-refractivity contribution in [1.82, 2.24) is 0 Å². The smallest absolute Gasteiger partial charge is 0.310 e. The van der Waals surface area contributed by atoms with Gasteiger partial charge in [-0.2, -0.15) is 0 Å². The summed E-state index contributed by atoms with van der Waals surface area (Å²) in [4.78, 5) is 11.7. The summed E-state index contributed by atoms with van der Waals surface area (Å²) in [7, 11) is 1.32. The van der Waals surface area contributed by atoms with Crippen LogP contribution in [-0.4, -0.2) is 23.9 Å². The Labute approximate surface area is 104 Å². The molecule has 2 atom stereocenters. The summed E-state index contributed by atoms with van der Waals surface area (Å²) in [6.07, 6.45) is 0. The zero-order chi connectivity index (χ0) is 12.8. The van der Waals surface area contributed by atoms with Crippen LogP contribution in [0.15, 0.2) is 29.2 Å². The van der Waals surface area contributed by atoms with E-state index < -0.39 is 17.0 Å². The van der Waals surface area contributed by atoms with E-state index in [-0.39, 0.29) is 12.6 Å². The first kappa shape index (κ1) is 13.9. The number of esters is 1. The summed E-state index contributed by atoms with van der Waals surface area (Å²) in [6.45, 7) is 3.69. The predicted molar refractivity (Wildman–Crippen MR) is 64.7 cm³/mol. The van der Waals surface area contributed by atoms with E-state index in [0.717, 1.165) is 5.56 Å². The van der Waals surface area contributed by atoms with Crippen LogP contribution in [0.2, 0.25) is 0 Å². The third-order valence-corrected chi connectivity index (χ3v) is 3.25. The number of methoxy groups -OCH3 is 1. The minimum absolute atomic E-state index is 0.0765. The lowest BCUT2D eigenvalue weighted by Crippen LogP contribution is -2.19. The Balaban J connectivity index is 2.50. The largest absolute Gasteiger partial charge is 0.469 e. The van der Waals surface area contributed by atoms with Crippen molar-refractivity contribution in [2.45, 2.75) is 18.7 Å². The summed E-state index contributed by atoms with van der Waals surface area (Å²) in [5, 5.41) is 0. The van der Waals surface area contributed by atoms with Gasteiger partial charge in [0.1, 0.15) is 0 Å². The van der Waals surface area contributed by atoms with E-state index in [0.29, 0.717) is 4.90 Å². The molecule has 0 radical (unpaired) electrons. The Morgan fingerprint density at radius 2 is 1.94 bits per heavy atom. The molecule has 2 unspecified atom stereocenters. The highest BCUT2D eigenvalue weighted by Crippen LogP contribution is 2.10. The second kappa shape index (κ2) is 6.51. The van der Waals surface area contributed by atoms with Crippen LogP contribution in [0, 0.1) is 12.8 Å². The van der Waals surface area contributed by atoms with E-state index >= 15 is 0 Å². The quantitative estimate of drug-likeness (QED) is 0.754. The van der Waals surface area contributed by atoms with Gasteiger partial charge in [0.15, 0.2) is 11.1 Å². The van der Waals surface area contributed by atoms with E-state index in [1.54, 1.807) is 19.1 Å². The highest BCUT2D eigenvalue weighted by Gasteiger charge is 2.15. The normalized spacial score (nSPS) is 14.1. The first-order valence-electron chi connectivity index (χ1n) is 5.24. The van der Waals surface area contributed by atoms with Crippen LogP contribution in [-0.2, 0) is 24.8 Å². The molecular formula is C12H16O4S. The summed E-state index contributed by atoms with van der Waals surface area (Å²) in [5.74, 6) is -0.791. The third kappa shape index (κ3) is 4.28. The lowest BCUT2D eigenvalue weighted by molar-refractivity contribution is -0.145. The van der Waals surface area contributed by atoms with Gasteiger partial charge in [-0.05, 0) is 26.0 Å². The van der Waals surface area contributed by atoms with Crippen LogP contribution >= 0.6 is 0 Å². The third-order valence-electron chi connectivity index (χ3n) is 2.24. The van der Waals surface area contributed by atoms with Gasteiger partial charge < -0.3 is 4.74 Å². The molecule has 0 saturated heterocycles. The molecule has 0 amide bonds. The molecule has 4 nitrogen and oxygen atoms in total. The highest BCUT2D eigenvalue weighted by molar-refractivity contribution is 7.80. The van der Waals surface area contributed by atoms with Crippen LogP contribution in [0.1, 0.15) is 12.5 Å². The maximum absolute atomic E-state index is 11.7. The van der Waals surface area contributed by atoms with Gasteiger partial charge in [0.25, 0.3) is 0 Å². The van der Waals surface area contributed by atoms with Crippen molar-refractivity contribution in [3.63, 3.8) is 0 Å². The Morgan fingerprint density at radius 3 is 2.47 bits per heavy atom. The molecule has 0 saturated carbocycles. The van der Waals surface area contributed by atoms with Crippen molar-refractivity contribution in [2.24, 2.45) is 5.92 Å². The summed E-state index contributed by atoms with van der Waals surface area (Å²) >= 11 is -1.54. The number of hydrogen-bond donors (Lipinski definition) is 0. The Morgan fingerprint density at radius 1 is 1.35 bits per heavy atom. The van der Waals surface area contributed by atoms with Crippen LogP contribution in [0.3, 0.4) is 0 Å². The number of ether oxygens (including phenoxy) is 1. The molecule has 0 spiro atoms. The minimum Gasteiger partial charge on any atom is -0.469 e. The van der Waals surface area contributed by atoms with Crippen molar-refractivity contribution < 1.29 is 17.9 Å². The minimum atomic E-state index is -1.54. The van der Waals surface area contributed by atoms with Crippen LogP contribution < -0.4 is 0 Å². The molecule has 0 aliphatic carbocycles. The topological polar surface area (TPSA) is 52.6 Å². The number of benzene rings is 1. The Hall–Kier alpha value is -1.20. The molecule has 0 aliphatic rings. The zero-order valence-corrected chi connectivity index (χ0v) is 11.0. The number of rotatable bonds is 5. The fraction of sp³-hybridized carbons (Fsp3) is 0.417. The van der Waals surface area contributed by atoms with Crippen LogP contribution in [0.4, 0.5) is 0 Å². The molecule has 5 heteroatoms. The number of carbonyl (C=O) groups excluding carboxylic acids is 1. The van der Waals surface area contributed by atoms with Gasteiger partial charge in [0, 0.05) is 0 Å². The van der Waals surface area contributed by atoms with Crippen LogP contribution in [0.5, 0.6) is 0 Å². The first-order chi connectivity index (χ1) is 8.04. The molecule has 0 N–H and O–H groups in total. The van der Waals surface area contributed by atoms with E-state index in [2.05, 4.69) is 4.74 Å². The number of aryl methyl sites for hydroxylation is 1. The molecule has 0 heterocycles. The molecule has 94 valence electrons. The van der Waals surface area contributed by atoms with E-state index in [1.807, 2.05) is 19.1 Å². The average molecular weight is 256 g/mol. The summed E-state index contributed by atoms with van der Waals surface area (Å²) in [6, 6.07) is 7.21. The number of hydrogen-bond acceptors (Lipinski definition) is 4. The predicted octanol–water partition coefficient (Wildman–Crippen LogP) is 1.84. The monoisotopic (exact) mass is 256 g/mol. The molecule has 1 rings (SSSR count). The lowest BCUT2D eigenvalue weighted by Gasteiger charge is -2.09. The average Bonchev–Trinajstić information content (AvgIpc) is 2.35. The van der Waals surface area contributed by atoms with Crippen molar-refractivity contribution in [3.05, 3.63) is 29.8 Å². The Kier molecular flexibility index (Phi) is 5.31. The molecule has 0 aromatic heterocycles. The molecular weight excluding hydrogens is 240 g/mol.